The summed E-state index contributed by atoms with van der Waals surface area (Å²) >= 11 is 0. The maximum Gasteiger partial charge on any atom is 0.338 e. The second kappa shape index (κ2) is 13.9. The fourth-order valence-electron chi connectivity index (χ4n) is 4.78. The van der Waals surface area contributed by atoms with Gasteiger partial charge < -0.3 is 20.1 Å². The Morgan fingerprint density at radius 1 is 0.825 bits per heavy atom. The standard InChI is InChI=1S/C16H21NO3.C16H19NO3/c2*1-16(2)11-13(14(18)17-16)9-6-10-20-15(19)12-7-4-3-5-8-12/h3-5,7-8,13H,6,9-11H2,1-2H3,(H,17,18);3-5,7-9H,6,10-11H2,1-2H3,(H,17,18)/b;13-9+. The first-order valence-electron chi connectivity index (χ1n) is 13.7. The van der Waals surface area contributed by atoms with Gasteiger partial charge in [-0.15, -0.1) is 0 Å². The van der Waals surface area contributed by atoms with E-state index in [0.29, 0.717) is 37.0 Å². The van der Waals surface area contributed by atoms with Gasteiger partial charge in [0.1, 0.15) is 0 Å². The summed E-state index contributed by atoms with van der Waals surface area (Å²) in [5, 5.41) is 5.88. The average molecular weight is 549 g/mol. The summed E-state index contributed by atoms with van der Waals surface area (Å²) in [4.78, 5) is 46.8. The summed E-state index contributed by atoms with van der Waals surface area (Å²) in [7, 11) is 0. The van der Waals surface area contributed by atoms with Gasteiger partial charge in [-0.25, -0.2) is 9.59 Å². The van der Waals surface area contributed by atoms with E-state index in [1.165, 1.54) is 0 Å². The Kier molecular flexibility index (Phi) is 10.6. The molecule has 8 heteroatoms. The van der Waals surface area contributed by atoms with Crippen molar-refractivity contribution in [1.82, 2.24) is 10.6 Å². The fourth-order valence-corrected chi connectivity index (χ4v) is 4.78. The topological polar surface area (TPSA) is 111 Å². The Bertz CT molecular complexity index is 1200. The molecule has 0 spiro atoms. The molecule has 0 radical (unpaired) electrons. The van der Waals surface area contributed by atoms with Crippen LogP contribution in [0.2, 0.25) is 0 Å². The maximum absolute atomic E-state index is 11.7. The summed E-state index contributed by atoms with van der Waals surface area (Å²) in [6.45, 7) is 8.67. The van der Waals surface area contributed by atoms with E-state index in [9.17, 15) is 19.2 Å². The lowest BCUT2D eigenvalue weighted by Gasteiger charge is -2.16. The van der Waals surface area contributed by atoms with Crippen LogP contribution in [0.3, 0.4) is 0 Å². The third-order valence-electron chi connectivity index (χ3n) is 6.66. The fraction of sp³-hybridized carbons (Fsp3) is 0.438. The molecule has 2 fully saturated rings. The molecule has 2 aromatic rings. The minimum atomic E-state index is -0.333. The van der Waals surface area contributed by atoms with Crippen LogP contribution in [0.15, 0.2) is 72.3 Å². The number of hydrogen-bond acceptors (Lipinski definition) is 6. The lowest BCUT2D eigenvalue weighted by molar-refractivity contribution is -0.123. The zero-order chi connectivity index (χ0) is 29.2. The van der Waals surface area contributed by atoms with Gasteiger partial charge in [0.2, 0.25) is 11.8 Å². The Morgan fingerprint density at radius 3 is 1.85 bits per heavy atom. The first kappa shape index (κ1) is 30.6. The molecule has 214 valence electrons. The van der Waals surface area contributed by atoms with Crippen LogP contribution < -0.4 is 10.6 Å². The predicted octanol–water partition coefficient (Wildman–Crippen LogP) is 5.00. The lowest BCUT2D eigenvalue weighted by atomic mass is 9.93. The molecule has 0 aliphatic carbocycles. The van der Waals surface area contributed by atoms with Crippen LogP contribution in [0.5, 0.6) is 0 Å². The first-order chi connectivity index (χ1) is 19.0. The van der Waals surface area contributed by atoms with Crippen LogP contribution in [0.4, 0.5) is 0 Å². The molecule has 2 heterocycles. The van der Waals surface area contributed by atoms with Crippen LogP contribution in [0.1, 0.15) is 80.5 Å². The van der Waals surface area contributed by atoms with Crippen LogP contribution in [-0.2, 0) is 19.1 Å². The van der Waals surface area contributed by atoms with Crippen molar-refractivity contribution in [2.45, 2.75) is 70.9 Å². The maximum atomic E-state index is 11.7. The molecule has 2 aromatic carbocycles. The molecule has 2 amide bonds. The van der Waals surface area contributed by atoms with Gasteiger partial charge in [-0.2, -0.15) is 0 Å². The first-order valence-corrected chi connectivity index (χ1v) is 13.7. The second-order valence-corrected chi connectivity index (χ2v) is 11.5. The van der Waals surface area contributed by atoms with Gasteiger partial charge in [0, 0.05) is 35.4 Å². The van der Waals surface area contributed by atoms with Gasteiger partial charge in [-0.3, -0.25) is 9.59 Å². The van der Waals surface area contributed by atoms with Crippen molar-refractivity contribution < 1.29 is 28.7 Å². The van der Waals surface area contributed by atoms with E-state index in [-0.39, 0.29) is 47.4 Å². The van der Waals surface area contributed by atoms with Crippen LogP contribution in [0, 0.1) is 5.92 Å². The number of esters is 2. The van der Waals surface area contributed by atoms with E-state index in [0.717, 1.165) is 18.4 Å². The summed E-state index contributed by atoms with van der Waals surface area (Å²) in [6, 6.07) is 17.8. The van der Waals surface area contributed by atoms with Crippen LogP contribution in [-0.4, -0.2) is 48.0 Å². The third kappa shape index (κ3) is 9.67. The van der Waals surface area contributed by atoms with Crippen molar-refractivity contribution in [3.8, 4) is 0 Å². The third-order valence-corrected chi connectivity index (χ3v) is 6.66. The van der Waals surface area contributed by atoms with E-state index < -0.39 is 0 Å². The molecule has 0 saturated carbocycles. The molecule has 2 saturated heterocycles. The molecule has 40 heavy (non-hydrogen) atoms. The van der Waals surface area contributed by atoms with Crippen molar-refractivity contribution in [3.63, 3.8) is 0 Å². The lowest BCUT2D eigenvalue weighted by Crippen LogP contribution is -2.34. The highest BCUT2D eigenvalue weighted by Gasteiger charge is 2.36. The van der Waals surface area contributed by atoms with Gasteiger partial charge in [0.25, 0.3) is 0 Å². The Hall–Kier alpha value is -3.94. The number of rotatable bonds is 9. The number of nitrogens with one attached hydrogen (secondary N) is 2. The van der Waals surface area contributed by atoms with E-state index in [2.05, 4.69) is 10.6 Å². The highest BCUT2D eigenvalue weighted by molar-refractivity contribution is 5.96. The zero-order valence-electron chi connectivity index (χ0n) is 23.8. The number of carbonyl (C=O) groups excluding carboxylic acids is 4. The summed E-state index contributed by atoms with van der Waals surface area (Å²) < 4.78 is 10.4. The van der Waals surface area contributed by atoms with Crippen molar-refractivity contribution in [2.24, 2.45) is 5.92 Å². The molecule has 0 aromatic heterocycles. The molecule has 1 atom stereocenters. The zero-order valence-corrected chi connectivity index (χ0v) is 23.8. The summed E-state index contributed by atoms with van der Waals surface area (Å²) in [6.07, 6.45) is 5.43. The summed E-state index contributed by atoms with van der Waals surface area (Å²) in [5.74, 6) is -0.504. The summed E-state index contributed by atoms with van der Waals surface area (Å²) in [5.41, 5.74) is 1.59. The second-order valence-electron chi connectivity index (χ2n) is 11.5. The predicted molar refractivity (Wildman–Crippen MR) is 153 cm³/mol. The molecular formula is C32H40N2O6. The Labute approximate surface area is 236 Å². The number of carbonyl (C=O) groups is 4. The van der Waals surface area contributed by atoms with Crippen LogP contribution in [0.25, 0.3) is 0 Å². The van der Waals surface area contributed by atoms with E-state index in [1.54, 1.807) is 36.4 Å². The van der Waals surface area contributed by atoms with Crippen molar-refractivity contribution in [2.75, 3.05) is 13.2 Å². The van der Waals surface area contributed by atoms with Crippen molar-refractivity contribution >= 4 is 23.8 Å². The van der Waals surface area contributed by atoms with Crippen molar-refractivity contribution in [3.05, 3.63) is 83.4 Å². The molecule has 2 aliphatic rings. The minimum Gasteiger partial charge on any atom is -0.462 e. The van der Waals surface area contributed by atoms with E-state index >= 15 is 0 Å². The smallest absolute Gasteiger partial charge is 0.338 e. The van der Waals surface area contributed by atoms with Gasteiger partial charge in [-0.1, -0.05) is 42.5 Å². The van der Waals surface area contributed by atoms with Gasteiger partial charge in [-0.05, 0) is 71.2 Å². The van der Waals surface area contributed by atoms with Gasteiger partial charge in [0.15, 0.2) is 0 Å². The van der Waals surface area contributed by atoms with Crippen LogP contribution >= 0.6 is 0 Å². The SMILES string of the molecule is CC1(C)C/C(=C\CCOC(=O)c2ccccc2)C(=O)N1.CC1(C)CC(CCCOC(=O)c2ccccc2)C(=O)N1. The molecule has 0 bridgehead atoms. The molecule has 8 nitrogen and oxygen atoms in total. The van der Waals surface area contributed by atoms with Crippen molar-refractivity contribution in [1.29, 1.82) is 0 Å². The molecule has 1 unspecified atom stereocenters. The Balaban J connectivity index is 0.000000220. The van der Waals surface area contributed by atoms with Gasteiger partial charge in [0.05, 0.1) is 24.3 Å². The quantitative estimate of drug-likeness (QED) is 0.259. The molecule has 4 rings (SSSR count). The molecule has 2 aliphatic heterocycles. The normalized spacial score (nSPS) is 19.7. The number of benzene rings is 2. The monoisotopic (exact) mass is 548 g/mol. The highest BCUT2D eigenvalue weighted by atomic mass is 16.5. The number of ether oxygens (including phenoxy) is 2. The minimum absolute atomic E-state index is 0.0237. The molecular weight excluding hydrogens is 508 g/mol. The largest absolute Gasteiger partial charge is 0.462 e. The Morgan fingerprint density at radius 2 is 1.38 bits per heavy atom. The number of amides is 2. The van der Waals surface area contributed by atoms with Gasteiger partial charge >= 0.3 is 11.9 Å². The van der Waals surface area contributed by atoms with E-state index in [1.807, 2.05) is 58.0 Å². The molecule has 2 N–H and O–H groups in total. The average Bonchev–Trinajstić information content (AvgIpc) is 3.35. The van der Waals surface area contributed by atoms with E-state index in [4.69, 9.17) is 9.47 Å². The highest BCUT2D eigenvalue weighted by Crippen LogP contribution is 2.27. The number of hydrogen-bond donors (Lipinski definition) is 2.